The van der Waals surface area contributed by atoms with E-state index in [1.165, 1.54) is 25.1 Å². The van der Waals surface area contributed by atoms with E-state index in [2.05, 4.69) is 10.6 Å². The van der Waals surface area contributed by atoms with Crippen LogP contribution in [0.1, 0.15) is 17.3 Å². The van der Waals surface area contributed by atoms with Crippen molar-refractivity contribution in [1.29, 1.82) is 0 Å². The van der Waals surface area contributed by atoms with Gasteiger partial charge in [0, 0.05) is 28.3 Å². The van der Waals surface area contributed by atoms with Crippen LogP contribution in [0.2, 0.25) is 0 Å². The maximum absolute atomic E-state index is 14.3. The van der Waals surface area contributed by atoms with E-state index in [1.807, 2.05) is 22.6 Å². The Morgan fingerprint density at radius 3 is 2.47 bits per heavy atom. The number of nitrogens with two attached hydrogens (primary N) is 1. The van der Waals surface area contributed by atoms with Crippen molar-refractivity contribution < 1.29 is 23.1 Å². The lowest BCUT2D eigenvalue weighted by atomic mass is 10.1. The summed E-state index contributed by atoms with van der Waals surface area (Å²) in [7, 11) is 0. The van der Waals surface area contributed by atoms with Crippen molar-refractivity contribution in [2.24, 2.45) is 5.73 Å². The van der Waals surface area contributed by atoms with Crippen LogP contribution in [0.3, 0.4) is 0 Å². The monoisotopic (exact) mass is 523 g/mol. The van der Waals surface area contributed by atoms with Gasteiger partial charge >= 0.3 is 0 Å². The second kappa shape index (κ2) is 9.08. The molecule has 0 saturated heterocycles. The Labute approximate surface area is 184 Å². The number of amides is 2. The van der Waals surface area contributed by atoms with Crippen molar-refractivity contribution in [1.82, 2.24) is 0 Å². The minimum absolute atomic E-state index is 0.0436. The maximum Gasteiger partial charge on any atom is 0.254 e. The van der Waals surface area contributed by atoms with Crippen molar-refractivity contribution in [2.45, 2.75) is 6.92 Å². The number of hydrogen-bond donors (Lipinski definition) is 3. The molecular formula is C21H16F2IN3O3. The van der Waals surface area contributed by atoms with Crippen molar-refractivity contribution in [3.05, 3.63) is 75.4 Å². The smallest absolute Gasteiger partial charge is 0.254 e. The number of rotatable bonds is 6. The van der Waals surface area contributed by atoms with E-state index in [1.54, 1.807) is 24.3 Å². The molecule has 3 aromatic rings. The molecule has 0 bridgehead atoms. The van der Waals surface area contributed by atoms with Crippen LogP contribution in [0.25, 0.3) is 0 Å². The summed E-state index contributed by atoms with van der Waals surface area (Å²) in [4.78, 5) is 23.3. The Balaban J connectivity index is 2.01. The Kier molecular flexibility index (Phi) is 6.50. The number of anilines is 3. The Bertz CT molecular complexity index is 1140. The highest BCUT2D eigenvalue weighted by molar-refractivity contribution is 14.1. The van der Waals surface area contributed by atoms with Gasteiger partial charge in [0.05, 0.1) is 11.4 Å². The summed E-state index contributed by atoms with van der Waals surface area (Å²) in [6, 6.07) is 12.8. The lowest BCUT2D eigenvalue weighted by Gasteiger charge is -2.16. The quantitative estimate of drug-likeness (QED) is 0.389. The lowest BCUT2D eigenvalue weighted by Crippen LogP contribution is -2.15. The Morgan fingerprint density at radius 2 is 1.80 bits per heavy atom. The van der Waals surface area contributed by atoms with Gasteiger partial charge in [-0.05, 0) is 59.0 Å². The zero-order valence-corrected chi connectivity index (χ0v) is 17.8. The summed E-state index contributed by atoms with van der Waals surface area (Å²) in [5, 5.41) is 5.29. The summed E-state index contributed by atoms with van der Waals surface area (Å²) in [5.41, 5.74) is 5.80. The second-order valence-electron chi connectivity index (χ2n) is 6.25. The predicted octanol–water partition coefficient (Wildman–Crippen LogP) is 5.16. The van der Waals surface area contributed by atoms with Crippen LogP contribution in [0.15, 0.2) is 54.6 Å². The van der Waals surface area contributed by atoms with E-state index >= 15 is 0 Å². The first-order chi connectivity index (χ1) is 14.2. The molecule has 0 heterocycles. The molecular weight excluding hydrogens is 507 g/mol. The van der Waals surface area contributed by atoms with Crippen LogP contribution in [0.5, 0.6) is 11.5 Å². The number of carbonyl (C=O) groups is 2. The number of carbonyl (C=O) groups excluding carboxylic acids is 2. The van der Waals surface area contributed by atoms with E-state index in [9.17, 15) is 18.4 Å². The Hall–Kier alpha value is -3.21. The van der Waals surface area contributed by atoms with Gasteiger partial charge < -0.3 is 21.1 Å². The maximum atomic E-state index is 14.3. The van der Waals surface area contributed by atoms with E-state index in [0.29, 0.717) is 9.26 Å². The predicted molar refractivity (Wildman–Crippen MR) is 118 cm³/mol. The molecule has 0 aliphatic carbocycles. The van der Waals surface area contributed by atoms with Gasteiger partial charge in [0.25, 0.3) is 5.91 Å². The van der Waals surface area contributed by atoms with Crippen molar-refractivity contribution in [3.8, 4) is 11.5 Å². The first kappa shape index (κ1) is 21.5. The molecule has 0 saturated carbocycles. The highest BCUT2D eigenvalue weighted by Crippen LogP contribution is 2.34. The average Bonchev–Trinajstić information content (AvgIpc) is 2.63. The molecule has 6 nitrogen and oxygen atoms in total. The molecule has 0 unspecified atom stereocenters. The number of ether oxygens (including phenoxy) is 1. The number of primary amides is 1. The molecule has 0 aromatic heterocycles. The SMILES string of the molecule is CC(=O)Nc1cccc(Oc2cc(F)cc(Nc3ccc(I)cc3F)c2C(N)=O)c1. The third-order valence-corrected chi connectivity index (χ3v) is 4.57. The van der Waals surface area contributed by atoms with Crippen molar-refractivity contribution in [3.63, 3.8) is 0 Å². The summed E-state index contributed by atoms with van der Waals surface area (Å²) >= 11 is 1.96. The topological polar surface area (TPSA) is 93.4 Å². The third kappa shape index (κ3) is 5.23. The molecule has 0 atom stereocenters. The van der Waals surface area contributed by atoms with Gasteiger partial charge in [-0.25, -0.2) is 8.78 Å². The first-order valence-corrected chi connectivity index (χ1v) is 9.71. The summed E-state index contributed by atoms with van der Waals surface area (Å²) < 4.78 is 34.8. The summed E-state index contributed by atoms with van der Waals surface area (Å²) in [6.45, 7) is 1.35. The minimum Gasteiger partial charge on any atom is -0.456 e. The Morgan fingerprint density at radius 1 is 1.03 bits per heavy atom. The fourth-order valence-corrected chi connectivity index (χ4v) is 3.17. The highest BCUT2D eigenvalue weighted by atomic mass is 127. The fraction of sp³-hybridized carbons (Fsp3) is 0.0476. The van der Waals surface area contributed by atoms with Crippen LogP contribution in [-0.4, -0.2) is 11.8 Å². The van der Waals surface area contributed by atoms with E-state index in [4.69, 9.17) is 10.5 Å². The standard InChI is InChI=1S/C21H16F2IN3O3/c1-11(28)26-14-3-2-4-15(10-14)30-19-8-12(22)7-18(20(19)21(25)29)27-17-6-5-13(24)9-16(17)23/h2-10,27H,1H3,(H2,25,29)(H,26,28). The zero-order valence-electron chi connectivity index (χ0n) is 15.6. The normalized spacial score (nSPS) is 10.4. The van der Waals surface area contributed by atoms with Gasteiger partial charge in [-0.2, -0.15) is 0 Å². The molecule has 2 amide bonds. The molecule has 154 valence electrons. The van der Waals surface area contributed by atoms with Crippen LogP contribution < -0.4 is 21.1 Å². The number of halogens is 3. The van der Waals surface area contributed by atoms with E-state index < -0.39 is 17.5 Å². The molecule has 0 aliphatic rings. The van der Waals surface area contributed by atoms with Crippen LogP contribution >= 0.6 is 22.6 Å². The van der Waals surface area contributed by atoms with Crippen LogP contribution in [-0.2, 0) is 4.79 Å². The fourth-order valence-electron chi connectivity index (χ4n) is 2.72. The van der Waals surface area contributed by atoms with E-state index in [0.717, 1.165) is 12.1 Å². The summed E-state index contributed by atoms with van der Waals surface area (Å²) in [6.07, 6.45) is 0. The molecule has 0 radical (unpaired) electrons. The van der Waals surface area contributed by atoms with Gasteiger partial charge in [0.1, 0.15) is 28.7 Å². The molecule has 0 fully saturated rings. The van der Waals surface area contributed by atoms with Gasteiger partial charge in [-0.1, -0.05) is 6.07 Å². The lowest BCUT2D eigenvalue weighted by molar-refractivity contribution is -0.114. The molecule has 4 N–H and O–H groups in total. The number of hydrogen-bond acceptors (Lipinski definition) is 4. The minimum atomic E-state index is -0.892. The molecule has 0 aliphatic heterocycles. The summed E-state index contributed by atoms with van der Waals surface area (Å²) in [5.74, 6) is -2.39. The molecule has 0 spiro atoms. The molecule has 3 rings (SSSR count). The third-order valence-electron chi connectivity index (χ3n) is 3.90. The van der Waals surface area contributed by atoms with Gasteiger partial charge in [0.2, 0.25) is 5.91 Å². The van der Waals surface area contributed by atoms with E-state index in [-0.39, 0.29) is 34.3 Å². The van der Waals surface area contributed by atoms with Gasteiger partial charge in [0.15, 0.2) is 0 Å². The van der Waals surface area contributed by atoms with Crippen LogP contribution in [0, 0.1) is 15.2 Å². The molecule has 30 heavy (non-hydrogen) atoms. The van der Waals surface area contributed by atoms with Gasteiger partial charge in [-0.15, -0.1) is 0 Å². The number of nitrogens with one attached hydrogen (secondary N) is 2. The average molecular weight is 523 g/mol. The van der Waals surface area contributed by atoms with Crippen LogP contribution in [0.4, 0.5) is 25.8 Å². The van der Waals surface area contributed by atoms with Crippen molar-refractivity contribution >= 4 is 51.5 Å². The van der Waals surface area contributed by atoms with Gasteiger partial charge in [-0.3, -0.25) is 9.59 Å². The first-order valence-electron chi connectivity index (χ1n) is 8.64. The molecule has 9 heteroatoms. The number of benzene rings is 3. The largest absolute Gasteiger partial charge is 0.456 e. The zero-order chi connectivity index (χ0) is 21.8. The molecule has 3 aromatic carbocycles. The van der Waals surface area contributed by atoms with Crippen molar-refractivity contribution in [2.75, 3.05) is 10.6 Å². The second-order valence-corrected chi connectivity index (χ2v) is 7.50. The highest BCUT2D eigenvalue weighted by Gasteiger charge is 2.19.